The first kappa shape index (κ1) is 17.0. The molecule has 1 fully saturated rings. The van der Waals surface area contributed by atoms with Crippen molar-refractivity contribution in [2.24, 2.45) is 22.7 Å². The predicted octanol–water partition coefficient (Wildman–Crippen LogP) is 3.02. The maximum atomic E-state index is 12.4. The van der Waals surface area contributed by atoms with E-state index < -0.39 is 11.4 Å². The summed E-state index contributed by atoms with van der Waals surface area (Å²) in [5.74, 6) is -0.464. The number of hydrogen-bond acceptors (Lipinski definition) is 2. The minimum Gasteiger partial charge on any atom is -0.481 e. The molecule has 1 amide bonds. The van der Waals surface area contributed by atoms with E-state index in [0.717, 1.165) is 19.5 Å². The third-order valence-corrected chi connectivity index (χ3v) is 5.05. The highest BCUT2D eigenvalue weighted by Crippen LogP contribution is 2.36. The Morgan fingerprint density at radius 3 is 2.15 bits per heavy atom. The molecule has 1 heterocycles. The van der Waals surface area contributed by atoms with Gasteiger partial charge in [-0.05, 0) is 30.6 Å². The number of aliphatic carboxylic acids is 1. The second-order valence-electron chi connectivity index (χ2n) is 7.75. The van der Waals surface area contributed by atoms with Crippen molar-refractivity contribution in [3.63, 3.8) is 0 Å². The van der Waals surface area contributed by atoms with Gasteiger partial charge in [-0.15, -0.1) is 0 Å². The van der Waals surface area contributed by atoms with Crippen molar-refractivity contribution < 1.29 is 14.7 Å². The molecule has 1 aliphatic heterocycles. The number of likely N-dealkylation sites (tertiary alicyclic amines) is 1. The summed E-state index contributed by atoms with van der Waals surface area (Å²) in [6.07, 6.45) is 1.11. The highest BCUT2D eigenvalue weighted by Gasteiger charge is 2.41. The molecule has 4 heteroatoms. The Balaban J connectivity index is 2.71. The van der Waals surface area contributed by atoms with Gasteiger partial charge in [-0.3, -0.25) is 9.59 Å². The van der Waals surface area contributed by atoms with E-state index in [1.165, 1.54) is 0 Å². The minimum atomic E-state index is -0.975. The van der Waals surface area contributed by atoms with Crippen LogP contribution in [0.15, 0.2) is 0 Å². The summed E-state index contributed by atoms with van der Waals surface area (Å²) in [6, 6.07) is 0. The van der Waals surface area contributed by atoms with Gasteiger partial charge in [-0.2, -0.15) is 0 Å². The minimum absolute atomic E-state index is 0.0182. The topological polar surface area (TPSA) is 57.6 Å². The third kappa shape index (κ3) is 3.53. The number of carboxylic acid groups (broad SMARTS) is 1. The monoisotopic (exact) mass is 283 g/mol. The summed E-state index contributed by atoms with van der Waals surface area (Å²) in [7, 11) is 0. The van der Waals surface area contributed by atoms with Gasteiger partial charge in [0.05, 0.1) is 5.41 Å². The predicted molar refractivity (Wildman–Crippen MR) is 79.3 cm³/mol. The molecule has 1 rings (SSSR count). The van der Waals surface area contributed by atoms with Crippen molar-refractivity contribution in [3.05, 3.63) is 0 Å². The van der Waals surface area contributed by atoms with Gasteiger partial charge < -0.3 is 10.0 Å². The molecule has 1 aliphatic rings. The quantitative estimate of drug-likeness (QED) is 0.863. The lowest BCUT2D eigenvalue weighted by Crippen LogP contribution is -2.40. The number of carbonyl (C=O) groups excluding carboxylic acids is 1. The number of carboxylic acids is 1. The molecule has 0 radical (unpaired) electrons. The summed E-state index contributed by atoms with van der Waals surface area (Å²) in [4.78, 5) is 25.7. The van der Waals surface area contributed by atoms with Gasteiger partial charge >= 0.3 is 5.97 Å². The van der Waals surface area contributed by atoms with E-state index in [1.54, 1.807) is 6.92 Å². The van der Waals surface area contributed by atoms with Gasteiger partial charge in [0.25, 0.3) is 0 Å². The van der Waals surface area contributed by atoms with Crippen LogP contribution in [0.4, 0.5) is 0 Å². The Bertz CT molecular complexity index is 384. The number of hydrogen-bond donors (Lipinski definition) is 1. The summed E-state index contributed by atoms with van der Waals surface area (Å²) < 4.78 is 0. The third-order valence-electron chi connectivity index (χ3n) is 5.05. The highest BCUT2D eigenvalue weighted by atomic mass is 16.4. The lowest BCUT2D eigenvalue weighted by atomic mass is 9.76. The summed E-state index contributed by atoms with van der Waals surface area (Å²) in [6.45, 7) is 13.5. The number of rotatable bonds is 4. The van der Waals surface area contributed by atoms with Crippen molar-refractivity contribution >= 4 is 11.9 Å². The molecular weight excluding hydrogens is 254 g/mol. The van der Waals surface area contributed by atoms with Crippen LogP contribution in [0.3, 0.4) is 0 Å². The van der Waals surface area contributed by atoms with Crippen molar-refractivity contribution in [2.75, 3.05) is 13.1 Å². The Kier molecular flexibility index (Phi) is 4.88. The van der Waals surface area contributed by atoms with E-state index >= 15 is 0 Å². The lowest BCUT2D eigenvalue weighted by molar-refractivity contribution is -0.155. The van der Waals surface area contributed by atoms with E-state index in [2.05, 4.69) is 20.8 Å². The Hall–Kier alpha value is -1.06. The van der Waals surface area contributed by atoms with E-state index in [-0.39, 0.29) is 23.7 Å². The van der Waals surface area contributed by atoms with Crippen LogP contribution in [-0.4, -0.2) is 35.0 Å². The first-order valence-corrected chi connectivity index (χ1v) is 7.49. The van der Waals surface area contributed by atoms with Crippen LogP contribution in [-0.2, 0) is 9.59 Å². The first-order chi connectivity index (χ1) is 8.98. The van der Waals surface area contributed by atoms with Crippen molar-refractivity contribution in [3.8, 4) is 0 Å². The zero-order valence-corrected chi connectivity index (χ0v) is 13.7. The van der Waals surface area contributed by atoms with Crippen molar-refractivity contribution in [1.29, 1.82) is 0 Å². The fraction of sp³-hybridized carbons (Fsp3) is 0.875. The fourth-order valence-electron chi connectivity index (χ4n) is 2.65. The molecule has 20 heavy (non-hydrogen) atoms. The summed E-state index contributed by atoms with van der Waals surface area (Å²) >= 11 is 0. The smallest absolute Gasteiger partial charge is 0.310 e. The van der Waals surface area contributed by atoms with E-state index in [1.807, 2.05) is 18.7 Å². The van der Waals surface area contributed by atoms with Gasteiger partial charge in [-0.25, -0.2) is 0 Å². The molecule has 0 aromatic rings. The SMILES string of the molecule is CC(C)C(C)(CC(=O)N1CCC(C(C)(C)C)C1)C(=O)O. The number of carbonyl (C=O) groups is 2. The summed E-state index contributed by atoms with van der Waals surface area (Å²) in [5, 5.41) is 9.41. The van der Waals surface area contributed by atoms with Crippen LogP contribution in [0, 0.1) is 22.7 Å². The molecule has 1 N–H and O–H groups in total. The maximum absolute atomic E-state index is 12.4. The van der Waals surface area contributed by atoms with Crippen LogP contribution in [0.5, 0.6) is 0 Å². The molecule has 0 bridgehead atoms. The fourth-order valence-corrected chi connectivity index (χ4v) is 2.65. The van der Waals surface area contributed by atoms with Crippen molar-refractivity contribution in [1.82, 2.24) is 4.90 Å². The van der Waals surface area contributed by atoms with Gasteiger partial charge in [0.2, 0.25) is 5.91 Å². The van der Waals surface area contributed by atoms with Crippen LogP contribution in [0.25, 0.3) is 0 Å². The Labute approximate surface area is 122 Å². The molecule has 0 aromatic carbocycles. The van der Waals surface area contributed by atoms with Crippen LogP contribution < -0.4 is 0 Å². The number of nitrogens with zero attached hydrogens (tertiary/aromatic N) is 1. The van der Waals surface area contributed by atoms with Crippen LogP contribution in [0.1, 0.15) is 54.4 Å². The van der Waals surface area contributed by atoms with Gasteiger partial charge in [0.1, 0.15) is 0 Å². The Morgan fingerprint density at radius 2 is 1.80 bits per heavy atom. The largest absolute Gasteiger partial charge is 0.481 e. The van der Waals surface area contributed by atoms with E-state index in [9.17, 15) is 14.7 Å². The first-order valence-electron chi connectivity index (χ1n) is 7.49. The van der Waals surface area contributed by atoms with Crippen molar-refractivity contribution in [2.45, 2.75) is 54.4 Å². The normalized spacial score (nSPS) is 22.9. The molecule has 1 saturated heterocycles. The summed E-state index contributed by atoms with van der Waals surface area (Å²) in [5.41, 5.74) is -0.778. The second-order valence-corrected chi connectivity index (χ2v) is 7.75. The van der Waals surface area contributed by atoms with Gasteiger partial charge in [0, 0.05) is 19.5 Å². The Morgan fingerprint density at radius 1 is 1.25 bits per heavy atom. The average Bonchev–Trinajstić information content (AvgIpc) is 2.76. The van der Waals surface area contributed by atoms with E-state index in [0.29, 0.717) is 5.92 Å². The molecule has 2 atom stereocenters. The maximum Gasteiger partial charge on any atom is 0.310 e. The van der Waals surface area contributed by atoms with Crippen LogP contribution >= 0.6 is 0 Å². The zero-order valence-electron chi connectivity index (χ0n) is 13.7. The highest BCUT2D eigenvalue weighted by molar-refractivity contribution is 5.85. The lowest BCUT2D eigenvalue weighted by Gasteiger charge is -2.31. The molecule has 0 spiro atoms. The zero-order chi connectivity index (χ0) is 15.7. The van der Waals surface area contributed by atoms with Crippen LogP contribution in [0.2, 0.25) is 0 Å². The molecule has 4 nitrogen and oxygen atoms in total. The standard InChI is InChI=1S/C16H29NO3/c1-11(2)16(6,14(19)20)9-13(18)17-8-7-12(10-17)15(3,4)5/h11-12H,7-10H2,1-6H3,(H,19,20). The van der Waals surface area contributed by atoms with Gasteiger partial charge in [-0.1, -0.05) is 34.6 Å². The average molecular weight is 283 g/mol. The second kappa shape index (κ2) is 5.74. The molecule has 0 saturated carbocycles. The van der Waals surface area contributed by atoms with E-state index in [4.69, 9.17) is 0 Å². The molecule has 0 aliphatic carbocycles. The van der Waals surface area contributed by atoms with Gasteiger partial charge in [0.15, 0.2) is 0 Å². The molecule has 0 aromatic heterocycles. The molecule has 116 valence electrons. The molecule has 2 unspecified atom stereocenters. The number of amides is 1. The molecular formula is C16H29NO3.